The fourth-order valence-electron chi connectivity index (χ4n) is 2.91. The minimum atomic E-state index is 0.463. The molecule has 1 aliphatic carbocycles. The summed E-state index contributed by atoms with van der Waals surface area (Å²) in [4.78, 5) is 0. The molecule has 0 saturated heterocycles. The first kappa shape index (κ1) is 13.6. The maximum Gasteiger partial charge on any atom is 0.0720 e. The molecule has 0 aromatic heterocycles. The zero-order chi connectivity index (χ0) is 12.8. The summed E-state index contributed by atoms with van der Waals surface area (Å²) in [6.45, 7) is 3.62. The summed E-state index contributed by atoms with van der Waals surface area (Å²) < 4.78 is 6.13. The molecule has 18 heavy (non-hydrogen) atoms. The van der Waals surface area contributed by atoms with Gasteiger partial charge in [-0.25, -0.2) is 0 Å². The van der Waals surface area contributed by atoms with E-state index in [0.717, 1.165) is 12.5 Å². The monoisotopic (exact) mass is 247 g/mol. The van der Waals surface area contributed by atoms with E-state index in [4.69, 9.17) is 10.5 Å². The molecule has 0 bridgehead atoms. The molecule has 1 aromatic rings. The largest absolute Gasteiger partial charge is 0.373 e. The zero-order valence-electron chi connectivity index (χ0n) is 11.4. The van der Waals surface area contributed by atoms with Crippen molar-refractivity contribution in [3.63, 3.8) is 0 Å². The molecule has 0 aliphatic heterocycles. The molecule has 0 radical (unpaired) electrons. The topological polar surface area (TPSA) is 35.2 Å². The van der Waals surface area contributed by atoms with Crippen LogP contribution in [0.5, 0.6) is 0 Å². The third kappa shape index (κ3) is 3.56. The Kier molecular flexibility index (Phi) is 5.21. The molecule has 0 heterocycles. The minimum Gasteiger partial charge on any atom is -0.373 e. The number of hydrogen-bond donors (Lipinski definition) is 1. The highest BCUT2D eigenvalue weighted by atomic mass is 16.5. The molecule has 2 N–H and O–H groups in total. The Morgan fingerprint density at radius 1 is 1.22 bits per heavy atom. The molecule has 2 rings (SSSR count). The van der Waals surface area contributed by atoms with Crippen molar-refractivity contribution in [2.24, 2.45) is 11.7 Å². The van der Waals surface area contributed by atoms with Crippen LogP contribution in [0.15, 0.2) is 24.3 Å². The van der Waals surface area contributed by atoms with Gasteiger partial charge in [-0.1, -0.05) is 50.5 Å². The number of benzene rings is 1. The van der Waals surface area contributed by atoms with Crippen LogP contribution in [0.1, 0.15) is 50.2 Å². The maximum atomic E-state index is 6.13. The van der Waals surface area contributed by atoms with Crippen molar-refractivity contribution in [1.29, 1.82) is 0 Å². The van der Waals surface area contributed by atoms with Crippen LogP contribution in [0.25, 0.3) is 0 Å². The van der Waals surface area contributed by atoms with Crippen LogP contribution in [0.4, 0.5) is 0 Å². The molecule has 0 amide bonds. The van der Waals surface area contributed by atoms with Crippen LogP contribution in [0.3, 0.4) is 0 Å². The standard InChI is InChI=1S/C16H25NO/c1-2-15-8-3-4-9-16(15)18-12-14-7-5-6-13(10-14)11-17/h5-7,10,15-16H,2-4,8-9,11-12,17H2,1H3. The Balaban J connectivity index is 1.89. The summed E-state index contributed by atoms with van der Waals surface area (Å²) in [5.74, 6) is 0.761. The van der Waals surface area contributed by atoms with E-state index in [0.29, 0.717) is 12.6 Å². The van der Waals surface area contributed by atoms with Gasteiger partial charge in [-0.15, -0.1) is 0 Å². The van der Waals surface area contributed by atoms with Crippen molar-refractivity contribution in [3.8, 4) is 0 Å². The van der Waals surface area contributed by atoms with E-state index >= 15 is 0 Å². The molecule has 0 spiro atoms. The lowest BCUT2D eigenvalue weighted by molar-refractivity contribution is -0.0222. The SMILES string of the molecule is CCC1CCCCC1OCc1cccc(CN)c1. The number of nitrogens with two attached hydrogens (primary N) is 1. The van der Waals surface area contributed by atoms with Gasteiger partial charge in [0.2, 0.25) is 0 Å². The molecule has 2 atom stereocenters. The van der Waals surface area contributed by atoms with Gasteiger partial charge in [-0.05, 0) is 29.9 Å². The van der Waals surface area contributed by atoms with Crippen LogP contribution >= 0.6 is 0 Å². The van der Waals surface area contributed by atoms with E-state index in [1.54, 1.807) is 0 Å². The average Bonchev–Trinajstić information content (AvgIpc) is 2.45. The van der Waals surface area contributed by atoms with Crippen LogP contribution in [-0.2, 0) is 17.9 Å². The second kappa shape index (κ2) is 6.91. The predicted octanol–water partition coefficient (Wildman–Crippen LogP) is 3.63. The molecular weight excluding hydrogens is 222 g/mol. The highest BCUT2D eigenvalue weighted by Crippen LogP contribution is 2.29. The summed E-state index contributed by atoms with van der Waals surface area (Å²) in [6.07, 6.45) is 6.97. The fourth-order valence-corrected chi connectivity index (χ4v) is 2.91. The Hall–Kier alpha value is -0.860. The van der Waals surface area contributed by atoms with Crippen LogP contribution < -0.4 is 5.73 Å². The Morgan fingerprint density at radius 2 is 2.00 bits per heavy atom. The highest BCUT2D eigenvalue weighted by Gasteiger charge is 2.24. The Labute approximate surface area is 111 Å². The van der Waals surface area contributed by atoms with Crippen molar-refractivity contribution >= 4 is 0 Å². The number of ether oxygens (including phenoxy) is 1. The normalized spacial score (nSPS) is 24.1. The van der Waals surface area contributed by atoms with Crippen molar-refractivity contribution in [1.82, 2.24) is 0 Å². The van der Waals surface area contributed by atoms with E-state index in [9.17, 15) is 0 Å². The molecule has 1 aromatic carbocycles. The Bertz CT molecular complexity index is 364. The lowest BCUT2D eigenvalue weighted by atomic mass is 9.85. The molecular formula is C16H25NO. The van der Waals surface area contributed by atoms with Crippen LogP contribution in [0.2, 0.25) is 0 Å². The van der Waals surface area contributed by atoms with Crippen LogP contribution in [0, 0.1) is 5.92 Å². The van der Waals surface area contributed by atoms with Gasteiger partial charge in [-0.2, -0.15) is 0 Å². The summed E-state index contributed by atoms with van der Waals surface area (Å²) in [5, 5.41) is 0. The van der Waals surface area contributed by atoms with Crippen molar-refractivity contribution in [2.75, 3.05) is 0 Å². The molecule has 1 saturated carbocycles. The first-order valence-electron chi connectivity index (χ1n) is 7.23. The van der Waals surface area contributed by atoms with E-state index in [-0.39, 0.29) is 0 Å². The quantitative estimate of drug-likeness (QED) is 0.862. The molecule has 2 heteroatoms. The lowest BCUT2D eigenvalue weighted by Gasteiger charge is -2.30. The maximum absolute atomic E-state index is 6.13. The predicted molar refractivity (Wildman–Crippen MR) is 75.2 cm³/mol. The van der Waals surface area contributed by atoms with Gasteiger partial charge in [0.25, 0.3) is 0 Å². The molecule has 1 fully saturated rings. The van der Waals surface area contributed by atoms with Gasteiger partial charge >= 0.3 is 0 Å². The van der Waals surface area contributed by atoms with Crippen LogP contribution in [-0.4, -0.2) is 6.10 Å². The first-order valence-corrected chi connectivity index (χ1v) is 7.23. The lowest BCUT2D eigenvalue weighted by Crippen LogP contribution is -2.27. The smallest absolute Gasteiger partial charge is 0.0720 e. The van der Waals surface area contributed by atoms with Gasteiger partial charge in [0.05, 0.1) is 12.7 Å². The van der Waals surface area contributed by atoms with E-state index in [2.05, 4.69) is 31.2 Å². The Morgan fingerprint density at radius 3 is 2.78 bits per heavy atom. The highest BCUT2D eigenvalue weighted by molar-refractivity contribution is 5.22. The minimum absolute atomic E-state index is 0.463. The van der Waals surface area contributed by atoms with Crippen molar-refractivity contribution in [3.05, 3.63) is 35.4 Å². The van der Waals surface area contributed by atoms with Gasteiger partial charge in [0.15, 0.2) is 0 Å². The average molecular weight is 247 g/mol. The van der Waals surface area contributed by atoms with E-state index in [1.807, 2.05) is 0 Å². The first-order chi connectivity index (χ1) is 8.83. The number of hydrogen-bond acceptors (Lipinski definition) is 2. The summed E-state index contributed by atoms with van der Waals surface area (Å²) in [7, 11) is 0. The summed E-state index contributed by atoms with van der Waals surface area (Å²) in [6, 6.07) is 8.42. The second-order valence-corrected chi connectivity index (χ2v) is 5.33. The molecule has 2 unspecified atom stereocenters. The fraction of sp³-hybridized carbons (Fsp3) is 0.625. The molecule has 2 nitrogen and oxygen atoms in total. The molecule has 1 aliphatic rings. The second-order valence-electron chi connectivity index (χ2n) is 5.33. The third-order valence-electron chi connectivity index (χ3n) is 4.05. The van der Waals surface area contributed by atoms with E-state index in [1.165, 1.54) is 43.2 Å². The van der Waals surface area contributed by atoms with Crippen molar-refractivity contribution in [2.45, 2.75) is 58.3 Å². The zero-order valence-corrected chi connectivity index (χ0v) is 11.4. The summed E-state index contributed by atoms with van der Waals surface area (Å²) in [5.41, 5.74) is 8.10. The molecule has 100 valence electrons. The van der Waals surface area contributed by atoms with E-state index < -0.39 is 0 Å². The third-order valence-corrected chi connectivity index (χ3v) is 4.05. The van der Waals surface area contributed by atoms with Gasteiger partial charge in [-0.3, -0.25) is 0 Å². The van der Waals surface area contributed by atoms with Crippen molar-refractivity contribution < 1.29 is 4.74 Å². The van der Waals surface area contributed by atoms with Gasteiger partial charge in [0, 0.05) is 6.54 Å². The summed E-state index contributed by atoms with van der Waals surface area (Å²) >= 11 is 0. The number of rotatable bonds is 5. The van der Waals surface area contributed by atoms with Gasteiger partial charge < -0.3 is 10.5 Å². The van der Waals surface area contributed by atoms with Gasteiger partial charge in [0.1, 0.15) is 0 Å².